The van der Waals surface area contributed by atoms with Gasteiger partial charge in [0.05, 0.1) is 17.9 Å². The quantitative estimate of drug-likeness (QED) is 0.913. The second-order valence-corrected chi connectivity index (χ2v) is 4.80. The molecule has 0 aliphatic rings. The number of furan rings is 1. The first-order valence-electron chi connectivity index (χ1n) is 6.22. The van der Waals surface area contributed by atoms with E-state index >= 15 is 0 Å². The summed E-state index contributed by atoms with van der Waals surface area (Å²) in [4.78, 5) is 12.1. The van der Waals surface area contributed by atoms with Crippen LogP contribution in [-0.4, -0.2) is 5.91 Å². The van der Waals surface area contributed by atoms with Crippen LogP contribution in [0, 0.1) is 6.92 Å². The summed E-state index contributed by atoms with van der Waals surface area (Å²) < 4.78 is 4.93. The molecular weight excluding hydrogens is 262 g/mol. The number of rotatable bonds is 4. The fourth-order valence-electron chi connectivity index (χ4n) is 1.91. The molecule has 100 valence electrons. The van der Waals surface area contributed by atoms with Crippen molar-refractivity contribution in [3.63, 3.8) is 0 Å². The van der Waals surface area contributed by atoms with Gasteiger partial charge in [0.15, 0.2) is 0 Å². The maximum atomic E-state index is 12.1. The van der Waals surface area contributed by atoms with E-state index in [1.165, 1.54) is 11.8 Å². The molecule has 1 unspecified atom stereocenters. The number of halogens is 1. The van der Waals surface area contributed by atoms with Gasteiger partial charge in [-0.1, -0.05) is 36.8 Å². The Hall–Kier alpha value is -1.74. The zero-order chi connectivity index (χ0) is 13.8. The normalized spacial score (nSPS) is 12.2. The lowest BCUT2D eigenvalue weighted by Crippen LogP contribution is -2.28. The van der Waals surface area contributed by atoms with Gasteiger partial charge < -0.3 is 9.73 Å². The summed E-state index contributed by atoms with van der Waals surface area (Å²) in [6.07, 6.45) is 2.22. The summed E-state index contributed by atoms with van der Waals surface area (Å²) in [6.45, 7) is 4.07. The zero-order valence-corrected chi connectivity index (χ0v) is 11.7. The first kappa shape index (κ1) is 13.7. The molecule has 0 aliphatic carbocycles. The van der Waals surface area contributed by atoms with Gasteiger partial charge >= 0.3 is 0 Å². The smallest absolute Gasteiger partial charge is 0.256 e. The molecule has 2 rings (SSSR count). The minimum absolute atomic E-state index is 0.0286. The number of hydrogen-bond donors (Lipinski definition) is 1. The predicted octanol–water partition coefficient (Wildman–Crippen LogP) is 4.12. The Morgan fingerprint density at radius 1 is 1.32 bits per heavy atom. The third kappa shape index (κ3) is 3.18. The molecule has 0 saturated carbocycles. The second-order valence-electron chi connectivity index (χ2n) is 4.45. The number of benzene rings is 1. The molecule has 3 nitrogen and oxygen atoms in total. The van der Waals surface area contributed by atoms with Crippen molar-refractivity contribution in [2.45, 2.75) is 26.3 Å². The SMILES string of the molecule is CCC(NC(=O)c1ccoc1Cl)c1ccc(C)cc1. The molecule has 1 aromatic carbocycles. The van der Waals surface area contributed by atoms with E-state index < -0.39 is 0 Å². The van der Waals surface area contributed by atoms with Crippen molar-refractivity contribution >= 4 is 17.5 Å². The van der Waals surface area contributed by atoms with Gasteiger partial charge in [0.25, 0.3) is 5.91 Å². The van der Waals surface area contributed by atoms with Crippen LogP contribution in [0.2, 0.25) is 5.22 Å². The molecule has 1 amide bonds. The Kier molecular flexibility index (Phi) is 4.27. The molecule has 0 saturated heterocycles. The van der Waals surface area contributed by atoms with Crippen LogP contribution >= 0.6 is 11.6 Å². The Labute approximate surface area is 117 Å². The average molecular weight is 278 g/mol. The molecule has 1 heterocycles. The number of carbonyl (C=O) groups is 1. The number of carbonyl (C=O) groups excluding carboxylic acids is 1. The van der Waals surface area contributed by atoms with E-state index in [0.29, 0.717) is 5.56 Å². The highest BCUT2D eigenvalue weighted by Crippen LogP contribution is 2.21. The Bertz CT molecular complexity index is 560. The molecular formula is C15H16ClNO2. The lowest BCUT2D eigenvalue weighted by molar-refractivity contribution is 0.0935. The lowest BCUT2D eigenvalue weighted by atomic mass is 10.0. The Morgan fingerprint density at radius 3 is 2.53 bits per heavy atom. The highest BCUT2D eigenvalue weighted by molar-refractivity contribution is 6.32. The third-order valence-corrected chi connectivity index (χ3v) is 3.35. The summed E-state index contributed by atoms with van der Waals surface area (Å²) >= 11 is 5.80. The van der Waals surface area contributed by atoms with Crippen LogP contribution < -0.4 is 5.32 Å². The van der Waals surface area contributed by atoms with Crippen LogP contribution in [-0.2, 0) is 0 Å². The van der Waals surface area contributed by atoms with E-state index in [0.717, 1.165) is 12.0 Å². The molecule has 0 radical (unpaired) electrons. The number of nitrogens with one attached hydrogen (secondary N) is 1. The zero-order valence-electron chi connectivity index (χ0n) is 10.9. The molecule has 19 heavy (non-hydrogen) atoms. The van der Waals surface area contributed by atoms with Crippen LogP contribution in [0.1, 0.15) is 40.9 Å². The van der Waals surface area contributed by atoms with Gasteiger partial charge in [0.2, 0.25) is 5.22 Å². The molecule has 1 aromatic heterocycles. The van der Waals surface area contributed by atoms with Gasteiger partial charge in [0, 0.05) is 0 Å². The molecule has 0 bridgehead atoms. The van der Waals surface area contributed by atoms with Crippen LogP contribution in [0.5, 0.6) is 0 Å². The van der Waals surface area contributed by atoms with E-state index in [4.69, 9.17) is 16.0 Å². The van der Waals surface area contributed by atoms with Crippen LogP contribution in [0.3, 0.4) is 0 Å². The predicted molar refractivity (Wildman–Crippen MR) is 75.4 cm³/mol. The lowest BCUT2D eigenvalue weighted by Gasteiger charge is -2.17. The van der Waals surface area contributed by atoms with Gasteiger partial charge in [-0.3, -0.25) is 4.79 Å². The number of aryl methyl sites for hydroxylation is 1. The maximum absolute atomic E-state index is 12.1. The largest absolute Gasteiger partial charge is 0.452 e. The summed E-state index contributed by atoms with van der Waals surface area (Å²) in [5.41, 5.74) is 2.65. The van der Waals surface area contributed by atoms with Crippen LogP contribution in [0.25, 0.3) is 0 Å². The van der Waals surface area contributed by atoms with Crippen LogP contribution in [0.4, 0.5) is 0 Å². The van der Waals surface area contributed by atoms with Gasteiger partial charge in [-0.15, -0.1) is 0 Å². The fraction of sp³-hybridized carbons (Fsp3) is 0.267. The summed E-state index contributed by atoms with van der Waals surface area (Å²) in [7, 11) is 0. The minimum Gasteiger partial charge on any atom is -0.452 e. The standard InChI is InChI=1S/C15H16ClNO2/c1-3-13(11-6-4-10(2)5-7-11)17-15(18)12-8-9-19-14(12)16/h4-9,13H,3H2,1-2H3,(H,17,18). The van der Waals surface area contributed by atoms with E-state index in [1.807, 2.05) is 38.1 Å². The molecule has 0 fully saturated rings. The van der Waals surface area contributed by atoms with Gasteiger partial charge in [0.1, 0.15) is 0 Å². The van der Waals surface area contributed by atoms with Gasteiger partial charge in [-0.05, 0) is 36.6 Å². The third-order valence-electron chi connectivity index (χ3n) is 3.06. The number of amides is 1. The highest BCUT2D eigenvalue weighted by Gasteiger charge is 2.17. The maximum Gasteiger partial charge on any atom is 0.256 e. The summed E-state index contributed by atoms with van der Waals surface area (Å²) in [5.74, 6) is -0.217. The van der Waals surface area contributed by atoms with Crippen molar-refractivity contribution in [1.29, 1.82) is 0 Å². The van der Waals surface area contributed by atoms with E-state index in [-0.39, 0.29) is 17.2 Å². The van der Waals surface area contributed by atoms with E-state index in [9.17, 15) is 4.79 Å². The molecule has 0 aliphatic heterocycles. The summed E-state index contributed by atoms with van der Waals surface area (Å²) in [5, 5.41) is 3.08. The van der Waals surface area contributed by atoms with Crippen molar-refractivity contribution in [2.24, 2.45) is 0 Å². The molecule has 1 N–H and O–H groups in total. The van der Waals surface area contributed by atoms with Crippen molar-refractivity contribution in [3.05, 3.63) is 58.5 Å². The first-order valence-corrected chi connectivity index (χ1v) is 6.60. The van der Waals surface area contributed by atoms with Crippen molar-refractivity contribution < 1.29 is 9.21 Å². The Morgan fingerprint density at radius 2 is 2.00 bits per heavy atom. The highest BCUT2D eigenvalue weighted by atomic mass is 35.5. The summed E-state index contributed by atoms with van der Waals surface area (Å²) in [6, 6.07) is 9.67. The number of hydrogen-bond acceptors (Lipinski definition) is 2. The van der Waals surface area contributed by atoms with Gasteiger partial charge in [-0.2, -0.15) is 0 Å². The van der Waals surface area contributed by atoms with Crippen molar-refractivity contribution in [3.8, 4) is 0 Å². The van der Waals surface area contributed by atoms with Crippen molar-refractivity contribution in [1.82, 2.24) is 5.32 Å². The minimum atomic E-state index is -0.217. The van der Waals surface area contributed by atoms with Crippen molar-refractivity contribution in [2.75, 3.05) is 0 Å². The molecule has 0 spiro atoms. The fourth-order valence-corrected chi connectivity index (χ4v) is 2.11. The topological polar surface area (TPSA) is 42.2 Å². The van der Waals surface area contributed by atoms with Crippen LogP contribution in [0.15, 0.2) is 41.0 Å². The first-order chi connectivity index (χ1) is 9.11. The van der Waals surface area contributed by atoms with E-state index in [2.05, 4.69) is 5.32 Å². The Balaban J connectivity index is 2.13. The molecule has 4 heteroatoms. The van der Waals surface area contributed by atoms with Gasteiger partial charge in [-0.25, -0.2) is 0 Å². The molecule has 2 aromatic rings. The van der Waals surface area contributed by atoms with E-state index in [1.54, 1.807) is 6.07 Å². The molecule has 1 atom stereocenters. The second kappa shape index (κ2) is 5.93. The monoisotopic (exact) mass is 277 g/mol. The average Bonchev–Trinajstić information content (AvgIpc) is 2.83.